The number of imidazole rings is 2. The highest BCUT2D eigenvalue weighted by Gasteiger charge is 2.17. The zero-order chi connectivity index (χ0) is 29.1. The Bertz CT molecular complexity index is 1540. The highest BCUT2D eigenvalue weighted by atomic mass is 35.5. The van der Waals surface area contributed by atoms with Crippen molar-refractivity contribution in [3.8, 4) is 45.0 Å². The minimum Gasteiger partial charge on any atom is -0.332 e. The zero-order valence-electron chi connectivity index (χ0n) is 21.9. The first-order valence-electron chi connectivity index (χ1n) is 12.9. The summed E-state index contributed by atoms with van der Waals surface area (Å²) in [6.07, 6.45) is 0. The fraction of sp³-hybridized carbons (Fsp3) is 0.0625. The predicted octanol–water partition coefficient (Wildman–Crippen LogP) is 11.3. The molecule has 0 fully saturated rings. The van der Waals surface area contributed by atoms with Gasteiger partial charge in [-0.05, 0) is 48.5 Å². The lowest BCUT2D eigenvalue weighted by molar-refractivity contribution is 1.06. The van der Waals surface area contributed by atoms with Gasteiger partial charge in [0, 0.05) is 53.9 Å². The Morgan fingerprint density at radius 2 is 0.714 bits per heavy atom. The van der Waals surface area contributed by atoms with E-state index in [-0.39, 0.29) is 0 Å². The van der Waals surface area contributed by atoms with Gasteiger partial charge < -0.3 is 9.97 Å². The van der Waals surface area contributed by atoms with Gasteiger partial charge in [-0.2, -0.15) is 0 Å². The Balaban J connectivity index is 1.20. The van der Waals surface area contributed by atoms with E-state index in [4.69, 9.17) is 56.4 Å². The molecule has 42 heavy (non-hydrogen) atoms. The number of rotatable bonds is 9. The summed E-state index contributed by atoms with van der Waals surface area (Å²) < 4.78 is 0. The number of halogens is 4. The third-order valence-corrected chi connectivity index (χ3v) is 9.44. The topological polar surface area (TPSA) is 57.4 Å². The molecule has 6 rings (SSSR count). The summed E-state index contributed by atoms with van der Waals surface area (Å²) in [7, 11) is 0. The van der Waals surface area contributed by atoms with Gasteiger partial charge in [0.1, 0.15) is 0 Å². The molecule has 0 spiro atoms. The quantitative estimate of drug-likeness (QED) is 0.119. The minimum absolute atomic E-state index is 0.685. The molecule has 0 aliphatic heterocycles. The molecule has 6 aromatic rings. The van der Waals surface area contributed by atoms with Crippen LogP contribution in [0.5, 0.6) is 0 Å². The lowest BCUT2D eigenvalue weighted by Gasteiger charge is -2.03. The van der Waals surface area contributed by atoms with Crippen LogP contribution in [0.25, 0.3) is 45.0 Å². The van der Waals surface area contributed by atoms with Crippen LogP contribution in [-0.4, -0.2) is 31.4 Å². The summed E-state index contributed by atoms with van der Waals surface area (Å²) in [5.74, 6) is 1.65. The molecule has 2 N–H and O–H groups in total. The molecule has 0 bridgehead atoms. The van der Waals surface area contributed by atoms with Crippen molar-refractivity contribution in [1.82, 2.24) is 19.9 Å². The fourth-order valence-corrected chi connectivity index (χ4v) is 6.62. The number of thioether (sulfide) groups is 2. The molecule has 0 aliphatic rings. The minimum atomic E-state index is 0.685. The number of aromatic amines is 2. The van der Waals surface area contributed by atoms with Crippen molar-refractivity contribution in [1.29, 1.82) is 0 Å². The molecule has 0 aliphatic carbocycles. The molecule has 0 amide bonds. The van der Waals surface area contributed by atoms with Crippen LogP contribution in [-0.2, 0) is 0 Å². The van der Waals surface area contributed by atoms with E-state index in [9.17, 15) is 0 Å². The summed E-state index contributed by atoms with van der Waals surface area (Å²) >= 11 is 27.9. The van der Waals surface area contributed by atoms with E-state index in [0.29, 0.717) is 20.1 Å². The number of benzene rings is 4. The van der Waals surface area contributed by atoms with Crippen molar-refractivity contribution in [3.63, 3.8) is 0 Å². The molecular formula is C32H22Cl4N4S2. The maximum atomic E-state index is 6.14. The lowest BCUT2D eigenvalue weighted by Crippen LogP contribution is -1.87. The van der Waals surface area contributed by atoms with E-state index in [1.54, 1.807) is 23.5 Å². The van der Waals surface area contributed by atoms with Gasteiger partial charge in [-0.1, -0.05) is 118 Å². The number of nitrogens with zero attached hydrogens (tertiary/aromatic N) is 2. The van der Waals surface area contributed by atoms with Crippen LogP contribution >= 0.6 is 69.9 Å². The van der Waals surface area contributed by atoms with Crippen molar-refractivity contribution in [3.05, 3.63) is 117 Å². The first kappa shape index (κ1) is 29.2. The molecule has 0 atom stereocenters. The van der Waals surface area contributed by atoms with E-state index in [0.717, 1.165) is 66.8 Å². The monoisotopic (exact) mass is 666 g/mol. The summed E-state index contributed by atoms with van der Waals surface area (Å²) in [6.45, 7) is 0. The molecule has 210 valence electrons. The largest absolute Gasteiger partial charge is 0.332 e. The molecule has 4 aromatic carbocycles. The van der Waals surface area contributed by atoms with Crippen LogP contribution in [0, 0.1) is 0 Å². The fourth-order valence-electron chi connectivity index (χ4n) is 4.40. The first-order chi connectivity index (χ1) is 20.4. The molecule has 0 saturated carbocycles. The van der Waals surface area contributed by atoms with E-state index >= 15 is 0 Å². The van der Waals surface area contributed by atoms with Crippen molar-refractivity contribution < 1.29 is 0 Å². The third kappa shape index (κ3) is 6.86. The van der Waals surface area contributed by atoms with Gasteiger partial charge >= 0.3 is 0 Å². The number of hydrogen-bond acceptors (Lipinski definition) is 4. The lowest BCUT2D eigenvalue weighted by atomic mass is 10.1. The van der Waals surface area contributed by atoms with Crippen LogP contribution in [0.15, 0.2) is 107 Å². The standard InChI is InChI=1S/C32H22Cl4N4S2/c33-23-9-1-19(2-10-23)27-28(20-3-11-24(34)12-4-20)38-31(37-27)41-17-18-42-32-39-29(21-5-13-25(35)14-6-21)30(40-32)22-7-15-26(36)16-8-22/h1-16H,17-18H2,(H,37,38)(H,39,40). The average Bonchev–Trinajstić information content (AvgIpc) is 3.62. The van der Waals surface area contributed by atoms with Gasteiger partial charge in [0.15, 0.2) is 10.3 Å². The zero-order valence-corrected chi connectivity index (χ0v) is 26.5. The summed E-state index contributed by atoms with van der Waals surface area (Å²) in [4.78, 5) is 16.9. The summed E-state index contributed by atoms with van der Waals surface area (Å²) in [5.41, 5.74) is 7.62. The van der Waals surface area contributed by atoms with Gasteiger partial charge in [-0.3, -0.25) is 0 Å². The van der Waals surface area contributed by atoms with Gasteiger partial charge in [-0.15, -0.1) is 0 Å². The van der Waals surface area contributed by atoms with E-state index in [2.05, 4.69) is 9.97 Å². The molecule has 0 unspecified atom stereocenters. The van der Waals surface area contributed by atoms with Crippen LogP contribution < -0.4 is 0 Å². The van der Waals surface area contributed by atoms with E-state index in [1.807, 2.05) is 97.1 Å². The third-order valence-electron chi connectivity index (χ3n) is 6.43. The second kappa shape index (κ2) is 13.2. The van der Waals surface area contributed by atoms with Crippen molar-refractivity contribution in [2.45, 2.75) is 10.3 Å². The van der Waals surface area contributed by atoms with Crippen molar-refractivity contribution in [2.75, 3.05) is 11.5 Å². The molecule has 4 nitrogen and oxygen atoms in total. The Morgan fingerprint density at radius 3 is 1.02 bits per heavy atom. The number of H-pyrrole nitrogens is 2. The molecular weight excluding hydrogens is 646 g/mol. The van der Waals surface area contributed by atoms with E-state index in [1.165, 1.54) is 0 Å². The maximum Gasteiger partial charge on any atom is 0.166 e. The van der Waals surface area contributed by atoms with Gasteiger partial charge in [-0.25, -0.2) is 9.97 Å². The van der Waals surface area contributed by atoms with E-state index < -0.39 is 0 Å². The first-order valence-corrected chi connectivity index (χ1v) is 16.4. The molecule has 0 saturated heterocycles. The highest BCUT2D eigenvalue weighted by molar-refractivity contribution is 8.02. The van der Waals surface area contributed by atoms with Gasteiger partial charge in [0.05, 0.1) is 22.8 Å². The van der Waals surface area contributed by atoms with Crippen LogP contribution in [0.1, 0.15) is 0 Å². The predicted molar refractivity (Wildman–Crippen MR) is 180 cm³/mol. The maximum absolute atomic E-state index is 6.14. The Hall–Kier alpha value is -2.84. The molecule has 0 radical (unpaired) electrons. The second-order valence-corrected chi connectivity index (χ2v) is 13.2. The number of nitrogens with one attached hydrogen (secondary N) is 2. The average molecular weight is 669 g/mol. The summed E-state index contributed by atoms with van der Waals surface area (Å²) in [6, 6.07) is 30.9. The Labute approximate surface area is 272 Å². The van der Waals surface area contributed by atoms with Crippen LogP contribution in [0.2, 0.25) is 20.1 Å². The Kier molecular flexibility index (Phi) is 9.20. The number of aromatic nitrogens is 4. The SMILES string of the molecule is Clc1ccc(-c2nc(SCCSc3nc(-c4ccc(Cl)cc4)c(-c4ccc(Cl)cc4)[nH]3)[nH]c2-c2ccc(Cl)cc2)cc1. The summed E-state index contributed by atoms with van der Waals surface area (Å²) in [5, 5.41) is 4.43. The van der Waals surface area contributed by atoms with Crippen molar-refractivity contribution in [2.24, 2.45) is 0 Å². The normalized spacial score (nSPS) is 11.2. The van der Waals surface area contributed by atoms with Gasteiger partial charge in [0.25, 0.3) is 0 Å². The molecule has 2 aromatic heterocycles. The van der Waals surface area contributed by atoms with Crippen molar-refractivity contribution >= 4 is 69.9 Å². The molecule has 10 heteroatoms. The second-order valence-electron chi connectivity index (χ2n) is 9.26. The van der Waals surface area contributed by atoms with Crippen LogP contribution in [0.3, 0.4) is 0 Å². The van der Waals surface area contributed by atoms with Gasteiger partial charge in [0.2, 0.25) is 0 Å². The highest BCUT2D eigenvalue weighted by Crippen LogP contribution is 2.36. The number of hydrogen-bond donors (Lipinski definition) is 2. The smallest absolute Gasteiger partial charge is 0.166 e. The molecule has 2 heterocycles. The Morgan fingerprint density at radius 1 is 0.429 bits per heavy atom. The van der Waals surface area contributed by atoms with Crippen LogP contribution in [0.4, 0.5) is 0 Å².